The highest BCUT2D eigenvalue weighted by atomic mass is 127. The van der Waals surface area contributed by atoms with E-state index in [2.05, 4.69) is 32.8 Å². The largest absolute Gasteiger partial charge is 0.300 e. The summed E-state index contributed by atoms with van der Waals surface area (Å²) in [7, 11) is 0. The molecule has 2 rings (SSSR count). The van der Waals surface area contributed by atoms with Gasteiger partial charge in [0, 0.05) is 9.99 Å². The van der Waals surface area contributed by atoms with E-state index in [-0.39, 0.29) is 5.78 Å². The predicted molar refractivity (Wildman–Crippen MR) is 84.2 cm³/mol. The molecule has 3 nitrogen and oxygen atoms in total. The monoisotopic (exact) mass is 364 g/mol. The van der Waals surface area contributed by atoms with E-state index in [4.69, 9.17) is 0 Å². The van der Waals surface area contributed by atoms with Crippen LogP contribution in [0.3, 0.4) is 0 Å². The molecule has 0 radical (unpaired) electrons. The van der Waals surface area contributed by atoms with Crippen molar-refractivity contribution in [1.82, 2.24) is 0 Å². The first kappa shape index (κ1) is 13.9. The first-order valence-corrected chi connectivity index (χ1v) is 6.97. The summed E-state index contributed by atoms with van der Waals surface area (Å²) in [5, 5.41) is 8.33. The Morgan fingerprint density at radius 2 is 1.42 bits per heavy atom. The number of benzene rings is 2. The zero-order valence-corrected chi connectivity index (χ0v) is 12.7. The second-order valence-corrected chi connectivity index (χ2v) is 5.47. The number of ketones is 1. The van der Waals surface area contributed by atoms with Gasteiger partial charge in [0.05, 0.1) is 11.4 Å². The quantitative estimate of drug-likeness (QED) is 0.566. The molecule has 0 aliphatic carbocycles. The van der Waals surface area contributed by atoms with Gasteiger partial charge in [0.25, 0.3) is 0 Å². The maximum atomic E-state index is 11.0. The van der Waals surface area contributed by atoms with Gasteiger partial charge in [0.2, 0.25) is 0 Å². The predicted octanol–water partition coefficient (Wildman–Crippen LogP) is 4.84. The molecule has 2 aromatic carbocycles. The van der Waals surface area contributed by atoms with Gasteiger partial charge in [0.15, 0.2) is 0 Å². The first-order chi connectivity index (χ1) is 9.13. The van der Waals surface area contributed by atoms with Crippen LogP contribution in [0.4, 0.5) is 11.4 Å². The zero-order chi connectivity index (χ0) is 13.7. The minimum Gasteiger partial charge on any atom is -0.300 e. The molecule has 2 aromatic rings. The molecule has 0 fully saturated rings. The Morgan fingerprint density at radius 1 is 0.947 bits per heavy atom. The van der Waals surface area contributed by atoms with Crippen LogP contribution in [0.5, 0.6) is 0 Å². The number of halogens is 1. The number of azo groups is 1. The third-order valence-corrected chi connectivity index (χ3v) is 3.22. The van der Waals surface area contributed by atoms with E-state index in [1.54, 1.807) is 6.92 Å². The molecule has 0 bridgehead atoms. The highest BCUT2D eigenvalue weighted by Crippen LogP contribution is 2.19. The van der Waals surface area contributed by atoms with Crippen molar-refractivity contribution in [2.75, 3.05) is 0 Å². The Morgan fingerprint density at radius 3 is 1.89 bits per heavy atom. The van der Waals surface area contributed by atoms with Crippen molar-refractivity contribution < 1.29 is 4.79 Å². The smallest absolute Gasteiger partial charge is 0.134 e. The molecule has 0 atom stereocenters. The molecule has 4 heteroatoms. The van der Waals surface area contributed by atoms with E-state index < -0.39 is 0 Å². The van der Waals surface area contributed by atoms with Crippen molar-refractivity contribution in [3.63, 3.8) is 0 Å². The Kier molecular flexibility index (Phi) is 4.79. The summed E-state index contributed by atoms with van der Waals surface area (Å²) in [6.07, 6.45) is 0.467. The zero-order valence-electron chi connectivity index (χ0n) is 10.5. The van der Waals surface area contributed by atoms with Crippen LogP contribution < -0.4 is 0 Å². The van der Waals surface area contributed by atoms with Crippen LogP contribution in [-0.4, -0.2) is 5.78 Å². The average molecular weight is 364 g/mol. The molecule has 0 spiro atoms. The lowest BCUT2D eigenvalue weighted by Crippen LogP contribution is -1.94. The van der Waals surface area contributed by atoms with Gasteiger partial charge in [-0.3, -0.25) is 4.79 Å². The Bertz CT molecular complexity index is 589. The van der Waals surface area contributed by atoms with Gasteiger partial charge in [-0.15, -0.1) is 0 Å². The summed E-state index contributed by atoms with van der Waals surface area (Å²) in [5.74, 6) is 0.160. The Hall–Kier alpha value is -1.56. The summed E-state index contributed by atoms with van der Waals surface area (Å²) >= 11 is 2.25. The van der Waals surface area contributed by atoms with Gasteiger partial charge in [-0.1, -0.05) is 12.1 Å². The third kappa shape index (κ3) is 4.55. The summed E-state index contributed by atoms with van der Waals surface area (Å²) < 4.78 is 1.17. The van der Waals surface area contributed by atoms with Gasteiger partial charge >= 0.3 is 0 Å². The van der Waals surface area contributed by atoms with Crippen molar-refractivity contribution in [2.24, 2.45) is 10.2 Å². The molecule has 0 aliphatic rings. The Balaban J connectivity index is 2.06. The number of nitrogens with zero attached hydrogens (tertiary/aromatic N) is 2. The first-order valence-electron chi connectivity index (χ1n) is 5.89. The molecule has 0 saturated carbocycles. The summed E-state index contributed by atoms with van der Waals surface area (Å²) in [6.45, 7) is 1.59. The van der Waals surface area contributed by atoms with E-state index in [1.165, 1.54) is 3.57 Å². The van der Waals surface area contributed by atoms with Crippen LogP contribution in [0.2, 0.25) is 0 Å². The van der Waals surface area contributed by atoms with E-state index in [0.717, 1.165) is 16.9 Å². The third-order valence-electron chi connectivity index (χ3n) is 2.50. The summed E-state index contributed by atoms with van der Waals surface area (Å²) in [4.78, 5) is 11.0. The van der Waals surface area contributed by atoms with Crippen molar-refractivity contribution in [2.45, 2.75) is 13.3 Å². The molecular weight excluding hydrogens is 351 g/mol. The maximum Gasteiger partial charge on any atom is 0.134 e. The molecule has 0 heterocycles. The van der Waals surface area contributed by atoms with Crippen molar-refractivity contribution in [3.05, 3.63) is 57.7 Å². The van der Waals surface area contributed by atoms with Crippen LogP contribution in [0.25, 0.3) is 0 Å². The number of hydrogen-bond acceptors (Lipinski definition) is 3. The molecule has 96 valence electrons. The molecule has 0 amide bonds. The normalized spacial score (nSPS) is 10.8. The molecule has 19 heavy (non-hydrogen) atoms. The highest BCUT2D eigenvalue weighted by Gasteiger charge is 1.97. The number of hydrogen-bond donors (Lipinski definition) is 0. The number of carbonyl (C=O) groups is 1. The lowest BCUT2D eigenvalue weighted by Gasteiger charge is -1.98. The van der Waals surface area contributed by atoms with Gasteiger partial charge in [-0.05, 0) is 71.5 Å². The molecule has 0 saturated heterocycles. The molecular formula is C15H13IN2O. The number of rotatable bonds is 4. The second kappa shape index (κ2) is 6.56. The summed E-state index contributed by atoms with van der Waals surface area (Å²) in [6, 6.07) is 15.4. The van der Waals surface area contributed by atoms with Crippen LogP contribution >= 0.6 is 22.6 Å². The average Bonchev–Trinajstić information content (AvgIpc) is 2.39. The topological polar surface area (TPSA) is 41.8 Å². The van der Waals surface area contributed by atoms with Gasteiger partial charge in [-0.25, -0.2) is 0 Å². The van der Waals surface area contributed by atoms with Gasteiger partial charge < -0.3 is 0 Å². The minimum absolute atomic E-state index is 0.160. The molecule has 0 aromatic heterocycles. The Labute approximate surface area is 125 Å². The van der Waals surface area contributed by atoms with Crippen molar-refractivity contribution >= 4 is 39.7 Å². The number of carbonyl (C=O) groups excluding carboxylic acids is 1. The SMILES string of the molecule is CC(=O)Cc1ccc(N=Nc2ccc(I)cc2)cc1. The van der Waals surface area contributed by atoms with Crippen LogP contribution in [0.15, 0.2) is 58.8 Å². The van der Waals surface area contributed by atoms with E-state index in [0.29, 0.717) is 6.42 Å². The standard InChI is InChI=1S/C15H13IN2O/c1-11(19)10-12-2-6-14(7-3-12)17-18-15-8-4-13(16)5-9-15/h2-9H,10H2,1H3. The summed E-state index contributed by atoms with van der Waals surface area (Å²) in [5.41, 5.74) is 2.61. The fourth-order valence-electron chi connectivity index (χ4n) is 1.59. The van der Waals surface area contributed by atoms with E-state index >= 15 is 0 Å². The van der Waals surface area contributed by atoms with Crippen LogP contribution in [0, 0.1) is 3.57 Å². The molecule has 0 unspecified atom stereocenters. The van der Waals surface area contributed by atoms with E-state index in [1.807, 2.05) is 48.5 Å². The molecule has 0 N–H and O–H groups in total. The fraction of sp³-hybridized carbons (Fsp3) is 0.133. The minimum atomic E-state index is 0.160. The number of Topliss-reactive ketones (excluding diaryl/α,β-unsaturated/α-hetero) is 1. The highest BCUT2D eigenvalue weighted by molar-refractivity contribution is 14.1. The lowest BCUT2D eigenvalue weighted by atomic mass is 10.1. The van der Waals surface area contributed by atoms with Crippen molar-refractivity contribution in [1.29, 1.82) is 0 Å². The van der Waals surface area contributed by atoms with Crippen LogP contribution in [-0.2, 0) is 11.2 Å². The van der Waals surface area contributed by atoms with Gasteiger partial charge in [0.1, 0.15) is 5.78 Å². The second-order valence-electron chi connectivity index (χ2n) is 4.22. The van der Waals surface area contributed by atoms with E-state index in [9.17, 15) is 4.79 Å². The fourth-order valence-corrected chi connectivity index (χ4v) is 1.95. The van der Waals surface area contributed by atoms with Gasteiger partial charge in [-0.2, -0.15) is 10.2 Å². The maximum absolute atomic E-state index is 11.0. The molecule has 0 aliphatic heterocycles. The van der Waals surface area contributed by atoms with Crippen LogP contribution in [0.1, 0.15) is 12.5 Å². The van der Waals surface area contributed by atoms with Crippen molar-refractivity contribution in [3.8, 4) is 0 Å². The lowest BCUT2D eigenvalue weighted by molar-refractivity contribution is -0.116.